The summed E-state index contributed by atoms with van der Waals surface area (Å²) >= 11 is 0. The third-order valence-corrected chi connectivity index (χ3v) is 4.11. The molecule has 0 aliphatic heterocycles. The van der Waals surface area contributed by atoms with Crippen molar-refractivity contribution < 1.29 is 9.53 Å². The Labute approximate surface area is 133 Å². The fourth-order valence-corrected chi connectivity index (χ4v) is 2.92. The van der Waals surface area contributed by atoms with Gasteiger partial charge < -0.3 is 4.74 Å². The molecule has 0 radical (unpaired) electrons. The van der Waals surface area contributed by atoms with Gasteiger partial charge in [0.15, 0.2) is 0 Å². The number of benzene rings is 1. The van der Waals surface area contributed by atoms with E-state index in [9.17, 15) is 4.79 Å². The lowest BCUT2D eigenvalue weighted by molar-refractivity contribution is 0.0525. The van der Waals surface area contributed by atoms with Crippen LogP contribution in [-0.2, 0) is 4.74 Å². The Kier molecular flexibility index (Phi) is 3.33. The molecule has 2 heterocycles. The van der Waals surface area contributed by atoms with Crippen molar-refractivity contribution in [3.8, 4) is 5.69 Å². The lowest BCUT2D eigenvalue weighted by Gasteiger charge is -2.10. The van der Waals surface area contributed by atoms with E-state index in [2.05, 4.69) is 10.1 Å². The highest BCUT2D eigenvalue weighted by Crippen LogP contribution is 2.43. The number of hydrogen-bond acceptors (Lipinski definition) is 4. The van der Waals surface area contributed by atoms with Gasteiger partial charge in [-0.3, -0.25) is 4.98 Å². The molecule has 0 amide bonds. The van der Waals surface area contributed by atoms with Gasteiger partial charge in [0, 0.05) is 17.5 Å². The van der Waals surface area contributed by atoms with Crippen LogP contribution in [0.2, 0.25) is 0 Å². The molecular formula is C18H17N3O2. The summed E-state index contributed by atoms with van der Waals surface area (Å²) in [7, 11) is 0. The predicted molar refractivity (Wildman–Crippen MR) is 86.8 cm³/mol. The molecule has 4 rings (SSSR count). The van der Waals surface area contributed by atoms with E-state index in [0.29, 0.717) is 18.1 Å². The highest BCUT2D eigenvalue weighted by Gasteiger charge is 2.33. The van der Waals surface area contributed by atoms with Crippen molar-refractivity contribution >= 4 is 16.9 Å². The fourth-order valence-electron chi connectivity index (χ4n) is 2.92. The lowest BCUT2D eigenvalue weighted by Crippen LogP contribution is -2.09. The molecule has 0 saturated heterocycles. The van der Waals surface area contributed by atoms with Crippen molar-refractivity contribution in [1.29, 1.82) is 0 Å². The summed E-state index contributed by atoms with van der Waals surface area (Å²) in [6.45, 7) is 2.18. The summed E-state index contributed by atoms with van der Waals surface area (Å²) in [5.74, 6) is 0.0738. The molecule has 1 fully saturated rings. The number of rotatable bonds is 4. The van der Waals surface area contributed by atoms with Crippen molar-refractivity contribution in [2.45, 2.75) is 25.7 Å². The third-order valence-electron chi connectivity index (χ3n) is 4.11. The Hall–Kier alpha value is -2.69. The molecule has 0 bridgehead atoms. The van der Waals surface area contributed by atoms with Crippen LogP contribution in [0.4, 0.5) is 0 Å². The molecule has 116 valence electrons. The summed E-state index contributed by atoms with van der Waals surface area (Å²) in [6.07, 6.45) is 5.55. The summed E-state index contributed by atoms with van der Waals surface area (Å²) < 4.78 is 7.04. The summed E-state index contributed by atoms with van der Waals surface area (Å²) in [4.78, 5) is 16.7. The summed E-state index contributed by atoms with van der Waals surface area (Å²) in [5, 5.41) is 5.53. The van der Waals surface area contributed by atoms with Crippen LogP contribution in [0, 0.1) is 0 Å². The molecule has 0 atom stereocenters. The average molecular weight is 307 g/mol. The Balaban J connectivity index is 1.90. The van der Waals surface area contributed by atoms with Gasteiger partial charge in [0.25, 0.3) is 0 Å². The maximum atomic E-state index is 12.2. The summed E-state index contributed by atoms with van der Waals surface area (Å²) in [6, 6.07) is 9.95. The first-order valence-electron chi connectivity index (χ1n) is 7.88. The highest BCUT2D eigenvalue weighted by atomic mass is 16.5. The van der Waals surface area contributed by atoms with E-state index in [-0.39, 0.29) is 5.97 Å². The van der Waals surface area contributed by atoms with E-state index in [1.54, 1.807) is 12.4 Å². The molecule has 23 heavy (non-hydrogen) atoms. The Bertz CT molecular complexity index is 876. The smallest absolute Gasteiger partial charge is 0.341 e. The van der Waals surface area contributed by atoms with Gasteiger partial charge in [0.1, 0.15) is 5.56 Å². The van der Waals surface area contributed by atoms with Crippen molar-refractivity contribution in [2.75, 3.05) is 6.61 Å². The minimum atomic E-state index is -0.297. The minimum absolute atomic E-state index is 0.297. The number of ether oxygens (including phenoxy) is 1. The Morgan fingerprint density at radius 1 is 1.30 bits per heavy atom. The molecular weight excluding hydrogens is 290 g/mol. The zero-order valence-corrected chi connectivity index (χ0v) is 12.9. The largest absolute Gasteiger partial charge is 0.462 e. The molecule has 1 saturated carbocycles. The van der Waals surface area contributed by atoms with Crippen LogP contribution in [0.1, 0.15) is 41.7 Å². The van der Waals surface area contributed by atoms with E-state index in [4.69, 9.17) is 4.74 Å². The highest BCUT2D eigenvalue weighted by molar-refractivity contribution is 5.92. The van der Waals surface area contributed by atoms with E-state index >= 15 is 0 Å². The Morgan fingerprint density at radius 2 is 2.13 bits per heavy atom. The van der Waals surface area contributed by atoms with Gasteiger partial charge in [0.2, 0.25) is 0 Å². The van der Waals surface area contributed by atoms with Gasteiger partial charge >= 0.3 is 5.97 Å². The van der Waals surface area contributed by atoms with Crippen LogP contribution in [0.15, 0.2) is 42.7 Å². The standard InChI is InChI=1S/C18H17N3O2/c1-2-23-18(22)14-11-20-21(17(14)13-8-9-13)15-7-3-5-12-6-4-10-19-16(12)15/h3-7,10-11,13H,2,8-9H2,1H3. The molecule has 5 heteroatoms. The first kappa shape index (κ1) is 13.9. The fraction of sp³-hybridized carbons (Fsp3) is 0.278. The predicted octanol–water partition coefficient (Wildman–Crippen LogP) is 3.47. The topological polar surface area (TPSA) is 57.0 Å². The molecule has 2 aromatic heterocycles. The number of fused-ring (bicyclic) bond motifs is 1. The number of hydrogen-bond donors (Lipinski definition) is 0. The third kappa shape index (κ3) is 2.38. The van der Waals surface area contributed by atoms with Crippen molar-refractivity contribution in [3.05, 3.63) is 54.0 Å². The lowest BCUT2D eigenvalue weighted by atomic mass is 10.1. The molecule has 3 aromatic rings. The normalized spacial score (nSPS) is 14.1. The zero-order valence-electron chi connectivity index (χ0n) is 12.9. The molecule has 1 aromatic carbocycles. The van der Waals surface area contributed by atoms with Crippen molar-refractivity contribution in [3.63, 3.8) is 0 Å². The van der Waals surface area contributed by atoms with Gasteiger partial charge in [-0.2, -0.15) is 5.10 Å². The molecule has 0 N–H and O–H groups in total. The second kappa shape index (κ2) is 5.50. The second-order valence-electron chi connectivity index (χ2n) is 5.70. The van der Waals surface area contributed by atoms with Gasteiger partial charge in [-0.05, 0) is 31.9 Å². The number of nitrogens with zero attached hydrogens (tertiary/aromatic N) is 3. The van der Waals surface area contributed by atoms with Gasteiger partial charge in [-0.15, -0.1) is 0 Å². The number of carbonyl (C=O) groups excluding carboxylic acids is 1. The van der Waals surface area contributed by atoms with Crippen LogP contribution in [0.5, 0.6) is 0 Å². The number of pyridine rings is 1. The van der Waals surface area contributed by atoms with E-state index in [1.165, 1.54) is 0 Å². The van der Waals surface area contributed by atoms with Crippen molar-refractivity contribution in [1.82, 2.24) is 14.8 Å². The van der Waals surface area contributed by atoms with Crippen LogP contribution >= 0.6 is 0 Å². The quantitative estimate of drug-likeness (QED) is 0.692. The first-order valence-corrected chi connectivity index (χ1v) is 7.88. The van der Waals surface area contributed by atoms with E-state index < -0.39 is 0 Å². The van der Waals surface area contributed by atoms with Crippen LogP contribution in [-0.4, -0.2) is 27.3 Å². The number of esters is 1. The van der Waals surface area contributed by atoms with Crippen LogP contribution in [0.3, 0.4) is 0 Å². The van der Waals surface area contributed by atoms with Crippen LogP contribution in [0.25, 0.3) is 16.6 Å². The van der Waals surface area contributed by atoms with Gasteiger partial charge in [-0.25, -0.2) is 9.48 Å². The molecule has 1 aliphatic rings. The number of para-hydroxylation sites is 1. The SMILES string of the molecule is CCOC(=O)c1cnn(-c2cccc3cccnc23)c1C1CC1. The maximum absolute atomic E-state index is 12.2. The van der Waals surface area contributed by atoms with Crippen molar-refractivity contribution in [2.24, 2.45) is 0 Å². The van der Waals surface area contributed by atoms with E-state index in [0.717, 1.165) is 35.1 Å². The Morgan fingerprint density at radius 3 is 2.91 bits per heavy atom. The second-order valence-corrected chi connectivity index (χ2v) is 5.70. The number of carbonyl (C=O) groups is 1. The van der Waals surface area contributed by atoms with Gasteiger partial charge in [-0.1, -0.05) is 18.2 Å². The minimum Gasteiger partial charge on any atom is -0.462 e. The zero-order chi connectivity index (χ0) is 15.8. The molecule has 0 unspecified atom stereocenters. The van der Waals surface area contributed by atoms with E-state index in [1.807, 2.05) is 41.9 Å². The maximum Gasteiger partial charge on any atom is 0.341 e. The molecule has 1 aliphatic carbocycles. The van der Waals surface area contributed by atoms with Crippen LogP contribution < -0.4 is 0 Å². The average Bonchev–Trinajstić information content (AvgIpc) is 3.33. The summed E-state index contributed by atoms with van der Waals surface area (Å²) in [5.41, 5.74) is 3.31. The first-order chi connectivity index (χ1) is 11.3. The van der Waals surface area contributed by atoms with Gasteiger partial charge in [0.05, 0.1) is 29.7 Å². The monoisotopic (exact) mass is 307 g/mol. The number of aromatic nitrogens is 3. The molecule has 5 nitrogen and oxygen atoms in total. The molecule has 0 spiro atoms.